The zero-order valence-electron chi connectivity index (χ0n) is 43.5. The second-order valence-corrected chi connectivity index (χ2v) is 21.7. The summed E-state index contributed by atoms with van der Waals surface area (Å²) < 4.78 is 6.72. The zero-order chi connectivity index (χ0) is 51.6. The Morgan fingerprint density at radius 3 is 1.97 bits per heavy atom. The molecule has 1 heterocycles. The van der Waals surface area contributed by atoms with Crippen molar-refractivity contribution in [3.05, 3.63) is 278 Å². The molecule has 0 fully saturated rings. The first-order chi connectivity index (χ1) is 36.4. The van der Waals surface area contributed by atoms with Crippen molar-refractivity contribution >= 4 is 29.2 Å². The van der Waals surface area contributed by atoms with Gasteiger partial charge in [-0.1, -0.05) is 215 Å². The molecule has 0 amide bonds. The van der Waals surface area contributed by atoms with Crippen LogP contribution >= 0.6 is 0 Å². The number of rotatable bonds is 9. The van der Waals surface area contributed by atoms with Gasteiger partial charge in [0.05, 0.1) is 11.1 Å². The summed E-state index contributed by atoms with van der Waals surface area (Å²) in [5.74, 6) is 1.34. The Bertz CT molecular complexity index is 3760. The molecule has 370 valence electrons. The Kier molecular flexibility index (Phi) is 11.8. The number of nitrogens with two attached hydrogens (primary N) is 2. The van der Waals surface area contributed by atoms with Gasteiger partial charge in [-0.3, -0.25) is 4.99 Å². The summed E-state index contributed by atoms with van der Waals surface area (Å²) in [6.07, 6.45) is 7.41. The highest BCUT2D eigenvalue weighted by molar-refractivity contribution is 5.98. The van der Waals surface area contributed by atoms with Gasteiger partial charge in [-0.15, -0.1) is 0 Å². The number of hydrogen-bond acceptors (Lipinski definition) is 5. The lowest BCUT2D eigenvalue weighted by Gasteiger charge is -2.46. The van der Waals surface area contributed by atoms with Crippen molar-refractivity contribution < 1.29 is 4.42 Å². The van der Waals surface area contributed by atoms with Crippen LogP contribution in [-0.2, 0) is 22.7 Å². The first kappa shape index (κ1) is 47.7. The normalized spacial score (nSPS) is 16.5. The third-order valence-electron chi connectivity index (χ3n) is 16.6. The molecule has 6 nitrogen and oxygen atoms in total. The molecule has 1 aromatic heterocycles. The SMILES string of the molecule is C=NC(/N=C(\N)C1=CC=CCC1)c1cccc2c1-c1cc(C(N)Nc3c(Cc4ccc5c(c4)C(C)(C)c4ccccc4-5)oc4ccccc34)ccc1C21c2ccccc2C(C)(C)c2ccccc21.Cc1ccccc1. The first-order valence-electron chi connectivity index (χ1n) is 26.3. The second kappa shape index (κ2) is 18.6. The molecule has 9 aromatic rings. The van der Waals surface area contributed by atoms with Crippen LogP contribution in [0.2, 0.25) is 0 Å². The topological polar surface area (TPSA) is 102 Å². The van der Waals surface area contributed by atoms with Crippen LogP contribution in [0.15, 0.2) is 220 Å². The average molecular weight is 978 g/mol. The van der Waals surface area contributed by atoms with Crippen molar-refractivity contribution in [1.29, 1.82) is 0 Å². The van der Waals surface area contributed by atoms with Crippen molar-refractivity contribution in [3.8, 4) is 22.3 Å². The van der Waals surface area contributed by atoms with Crippen molar-refractivity contribution in [2.24, 2.45) is 21.5 Å². The quantitative estimate of drug-likeness (QED) is 0.0762. The van der Waals surface area contributed by atoms with Crippen molar-refractivity contribution in [3.63, 3.8) is 0 Å². The van der Waals surface area contributed by atoms with E-state index < -0.39 is 17.7 Å². The van der Waals surface area contributed by atoms with Crippen LogP contribution in [-0.4, -0.2) is 12.6 Å². The molecule has 0 saturated carbocycles. The summed E-state index contributed by atoms with van der Waals surface area (Å²) in [4.78, 5) is 9.81. The lowest BCUT2D eigenvalue weighted by molar-refractivity contribution is 0.562. The zero-order valence-corrected chi connectivity index (χ0v) is 43.5. The average Bonchev–Trinajstić information content (AvgIpc) is 4.02. The first-order valence-corrected chi connectivity index (χ1v) is 26.3. The van der Waals surface area contributed by atoms with Crippen molar-refractivity contribution in [2.75, 3.05) is 5.32 Å². The minimum Gasteiger partial charge on any atom is -0.458 e. The maximum Gasteiger partial charge on any atom is 0.167 e. The molecule has 0 radical (unpaired) electrons. The predicted octanol–water partition coefficient (Wildman–Crippen LogP) is 15.7. The van der Waals surface area contributed by atoms with E-state index >= 15 is 0 Å². The molecule has 2 unspecified atom stereocenters. The van der Waals surface area contributed by atoms with E-state index in [1.54, 1.807) is 0 Å². The molecule has 6 heteroatoms. The Morgan fingerprint density at radius 1 is 0.640 bits per heavy atom. The number of benzene rings is 8. The fourth-order valence-corrected chi connectivity index (χ4v) is 12.9. The Morgan fingerprint density at radius 2 is 1.28 bits per heavy atom. The third-order valence-corrected chi connectivity index (χ3v) is 16.6. The fourth-order valence-electron chi connectivity index (χ4n) is 12.9. The molecule has 1 spiro atoms. The summed E-state index contributed by atoms with van der Waals surface area (Å²) in [7, 11) is 0. The van der Waals surface area contributed by atoms with Gasteiger partial charge in [-0.05, 0) is 128 Å². The standard InChI is InChI=1S/C62H55N5O.C7H8/c1-60(2)45-23-11-9-20-40(45)41-32-30-37(34-52(41)60)35-54-56(42-21-10-16-29-53(42)68-54)66-58(64)39-31-33-46-44(36-39)55-43(59(65-5)67-57(63)38-18-7-6-8-19-38)22-17-28-51(55)62(46)49-26-14-12-24-47(49)61(3,4)48-25-13-15-27-50(48)62;1-7-5-3-2-4-6-7/h6-7,9-18,20-34,36,58-59,66H,5,8,19,35,64H2,1-4H3,(H2,63,67);2-6H,1H3. The number of fused-ring (bicyclic) bond motifs is 13. The number of nitrogens with one attached hydrogen (secondary N) is 1. The van der Waals surface area contributed by atoms with Crippen LogP contribution in [0, 0.1) is 6.92 Å². The maximum atomic E-state index is 7.41. The van der Waals surface area contributed by atoms with Gasteiger partial charge in [0.25, 0.3) is 0 Å². The number of hydrogen-bond donors (Lipinski definition) is 3. The van der Waals surface area contributed by atoms with Crippen LogP contribution in [0.5, 0.6) is 0 Å². The summed E-state index contributed by atoms with van der Waals surface area (Å²) in [6.45, 7) is 15.5. The van der Waals surface area contributed by atoms with Crippen molar-refractivity contribution in [1.82, 2.24) is 0 Å². The molecule has 75 heavy (non-hydrogen) atoms. The number of para-hydroxylation sites is 1. The molecule has 2 atom stereocenters. The van der Waals surface area contributed by atoms with E-state index in [0.717, 1.165) is 63.1 Å². The number of allylic oxidation sites excluding steroid dienone is 3. The molecule has 5 N–H and O–H groups in total. The molecular weight excluding hydrogens is 915 g/mol. The van der Waals surface area contributed by atoms with Gasteiger partial charge in [-0.2, -0.15) is 0 Å². The summed E-state index contributed by atoms with van der Waals surface area (Å²) in [5.41, 5.74) is 35.4. The smallest absolute Gasteiger partial charge is 0.167 e. The van der Waals surface area contributed by atoms with Crippen LogP contribution in [0.3, 0.4) is 0 Å². The minimum absolute atomic E-state index is 0.104. The third kappa shape index (κ3) is 7.73. The number of nitrogens with zero attached hydrogens (tertiary/aromatic N) is 2. The molecule has 13 rings (SSSR count). The van der Waals surface area contributed by atoms with Gasteiger partial charge in [-0.25, -0.2) is 4.99 Å². The van der Waals surface area contributed by atoms with E-state index in [2.05, 4.69) is 217 Å². The minimum atomic E-state index is -0.639. The van der Waals surface area contributed by atoms with Gasteiger partial charge in [0, 0.05) is 28.2 Å². The lowest BCUT2D eigenvalue weighted by atomic mass is 9.55. The van der Waals surface area contributed by atoms with E-state index in [9.17, 15) is 0 Å². The Labute approximate surface area is 441 Å². The summed E-state index contributed by atoms with van der Waals surface area (Å²) in [5, 5.41) is 4.79. The molecule has 4 aliphatic carbocycles. The predicted molar refractivity (Wildman–Crippen MR) is 311 cm³/mol. The number of aliphatic imine (C=N–C) groups is 2. The molecular formula is C69H63N5O. The highest BCUT2D eigenvalue weighted by atomic mass is 16.3. The Hall–Kier alpha value is -8.32. The van der Waals surface area contributed by atoms with Gasteiger partial charge in [0.2, 0.25) is 0 Å². The van der Waals surface area contributed by atoms with Gasteiger partial charge >= 0.3 is 0 Å². The van der Waals surface area contributed by atoms with Crippen LogP contribution in [0.25, 0.3) is 33.2 Å². The molecule has 0 bridgehead atoms. The van der Waals surface area contributed by atoms with Crippen molar-refractivity contribution in [2.45, 2.75) is 82.5 Å². The Balaban J connectivity index is 0.000000753. The van der Waals surface area contributed by atoms with Gasteiger partial charge in [0.1, 0.15) is 23.3 Å². The second-order valence-electron chi connectivity index (χ2n) is 21.7. The van der Waals surface area contributed by atoms with Gasteiger partial charge < -0.3 is 21.2 Å². The molecule has 0 aliphatic heterocycles. The van der Waals surface area contributed by atoms with E-state index in [4.69, 9.17) is 25.9 Å². The number of aryl methyl sites for hydroxylation is 1. The largest absolute Gasteiger partial charge is 0.458 e. The number of anilines is 1. The highest BCUT2D eigenvalue weighted by Gasteiger charge is 2.54. The van der Waals surface area contributed by atoms with Crippen LogP contribution < -0.4 is 16.8 Å². The molecule has 4 aliphatic rings. The maximum absolute atomic E-state index is 7.41. The monoisotopic (exact) mass is 978 g/mol. The van der Waals surface area contributed by atoms with E-state index in [0.29, 0.717) is 12.3 Å². The summed E-state index contributed by atoms with van der Waals surface area (Å²) >= 11 is 0. The van der Waals surface area contributed by atoms with Crippen LogP contribution in [0.4, 0.5) is 5.69 Å². The fraction of sp³-hybridized carbons (Fsp3) is 0.188. The number of amidine groups is 1. The number of furan rings is 1. The van der Waals surface area contributed by atoms with E-state index in [1.807, 2.05) is 30.3 Å². The van der Waals surface area contributed by atoms with Gasteiger partial charge in [0.15, 0.2) is 6.17 Å². The van der Waals surface area contributed by atoms with Crippen LogP contribution in [0.1, 0.15) is 125 Å². The molecule has 8 aromatic carbocycles. The summed E-state index contributed by atoms with van der Waals surface area (Å²) in [6, 6.07) is 65.5. The van der Waals surface area contributed by atoms with E-state index in [-0.39, 0.29) is 10.8 Å². The highest BCUT2D eigenvalue weighted by Crippen LogP contribution is 2.63. The lowest BCUT2D eigenvalue weighted by Crippen LogP contribution is -2.40. The molecule has 0 saturated heterocycles. The van der Waals surface area contributed by atoms with E-state index in [1.165, 1.54) is 66.8 Å².